The van der Waals surface area contributed by atoms with Gasteiger partial charge in [0.2, 0.25) is 11.8 Å². The molecule has 0 heterocycles. The minimum atomic E-state index is -0.916. The zero-order valence-electron chi connectivity index (χ0n) is 29.2. The highest BCUT2D eigenvalue weighted by Crippen LogP contribution is 2.26. The first kappa shape index (κ1) is 39.6. The third kappa shape index (κ3) is 12.3. The van der Waals surface area contributed by atoms with E-state index in [2.05, 4.69) is 10.3 Å². The minimum absolute atomic E-state index is 0.0485. The fourth-order valence-corrected chi connectivity index (χ4v) is 6.28. The Balaban J connectivity index is 1.83. The van der Waals surface area contributed by atoms with Gasteiger partial charge in [-0.05, 0) is 110 Å². The van der Waals surface area contributed by atoms with E-state index in [9.17, 15) is 24.3 Å². The molecule has 3 aromatic carbocycles. The molecule has 270 valence electrons. The number of hydrogen-bond acceptors (Lipinski definition) is 8. The summed E-state index contributed by atoms with van der Waals surface area (Å²) in [6, 6.07) is 15.2. The lowest BCUT2D eigenvalue weighted by molar-refractivity contribution is -0.133. The van der Waals surface area contributed by atoms with E-state index in [1.165, 1.54) is 0 Å². The molecule has 0 aromatic heterocycles. The molecule has 12 nitrogen and oxygen atoms in total. The zero-order chi connectivity index (χ0) is 36.8. The van der Waals surface area contributed by atoms with Gasteiger partial charge in [0.15, 0.2) is 11.7 Å². The van der Waals surface area contributed by atoms with Gasteiger partial charge >= 0.3 is 0 Å². The third-order valence-electron chi connectivity index (χ3n) is 9.13. The number of aryl methyl sites for hydroxylation is 2. The number of phenols is 1. The van der Waals surface area contributed by atoms with E-state index in [1.54, 1.807) is 12.1 Å². The summed E-state index contributed by atoms with van der Waals surface area (Å²) in [5.74, 6) is -3.30. The van der Waals surface area contributed by atoms with Crippen molar-refractivity contribution in [3.8, 4) is 5.75 Å². The average Bonchev–Trinajstić information content (AvgIpc) is 3.06. The van der Waals surface area contributed by atoms with Crippen LogP contribution in [0.15, 0.2) is 59.6 Å². The van der Waals surface area contributed by atoms with E-state index in [-0.39, 0.29) is 49.0 Å². The Morgan fingerprint density at radius 1 is 0.800 bits per heavy atom. The van der Waals surface area contributed by atoms with Crippen LogP contribution >= 0.6 is 0 Å². The molecule has 3 rings (SSSR count). The van der Waals surface area contributed by atoms with Crippen LogP contribution in [0.5, 0.6) is 5.75 Å². The Labute approximate surface area is 294 Å². The van der Waals surface area contributed by atoms with Crippen LogP contribution in [0, 0.1) is 25.7 Å². The Hall–Kier alpha value is -4.81. The maximum absolute atomic E-state index is 14.0. The van der Waals surface area contributed by atoms with E-state index in [0.717, 1.165) is 33.0 Å². The number of nitrogens with zero attached hydrogens (tertiary/aromatic N) is 1. The Morgan fingerprint density at radius 3 is 2.10 bits per heavy atom. The molecule has 2 amide bonds. The molecule has 0 fully saturated rings. The van der Waals surface area contributed by atoms with Crippen molar-refractivity contribution in [3.63, 3.8) is 0 Å². The molecular weight excluding hydrogens is 634 g/mol. The lowest BCUT2D eigenvalue weighted by Gasteiger charge is -2.25. The molecule has 12 N–H and O–H groups in total. The third-order valence-corrected chi connectivity index (χ3v) is 9.13. The molecule has 50 heavy (non-hydrogen) atoms. The maximum Gasteiger partial charge on any atom is 0.224 e. The molecule has 12 heteroatoms. The summed E-state index contributed by atoms with van der Waals surface area (Å²) < 4.78 is 0. The summed E-state index contributed by atoms with van der Waals surface area (Å²) in [4.78, 5) is 57.8. The second kappa shape index (κ2) is 19.4. The van der Waals surface area contributed by atoms with Crippen LogP contribution in [0.3, 0.4) is 0 Å². The van der Waals surface area contributed by atoms with E-state index in [1.807, 2.05) is 56.3 Å². The summed E-state index contributed by atoms with van der Waals surface area (Å²) in [5.41, 5.74) is 31.7. The van der Waals surface area contributed by atoms with Crippen LogP contribution < -0.4 is 34.0 Å². The Kier molecular flexibility index (Phi) is 15.4. The number of carbonyl (C=O) groups excluding carboxylic acids is 4. The largest absolute Gasteiger partial charge is 0.508 e. The molecule has 0 radical (unpaired) electrons. The topological polar surface area (TPSA) is 243 Å². The van der Waals surface area contributed by atoms with Crippen LogP contribution in [-0.2, 0) is 32.0 Å². The highest BCUT2D eigenvalue weighted by molar-refractivity contribution is 5.94. The van der Waals surface area contributed by atoms with E-state index < -0.39 is 35.7 Å². The van der Waals surface area contributed by atoms with Gasteiger partial charge in [0.1, 0.15) is 11.5 Å². The fraction of sp³-hybridized carbons (Fsp3) is 0.447. The van der Waals surface area contributed by atoms with Crippen molar-refractivity contribution in [2.24, 2.45) is 45.5 Å². The average molecular weight is 688 g/mol. The Bertz CT molecular complexity index is 1650. The molecule has 0 spiro atoms. The van der Waals surface area contributed by atoms with Crippen molar-refractivity contribution in [1.29, 1.82) is 0 Å². The summed E-state index contributed by atoms with van der Waals surface area (Å²) in [6.45, 7) is 4.39. The lowest BCUT2D eigenvalue weighted by Crippen LogP contribution is -2.46. The van der Waals surface area contributed by atoms with Crippen molar-refractivity contribution >= 4 is 40.1 Å². The number of nitrogens with one attached hydrogen (secondary N) is 1. The smallest absolute Gasteiger partial charge is 0.224 e. The van der Waals surface area contributed by atoms with Crippen LogP contribution in [0.4, 0.5) is 0 Å². The lowest BCUT2D eigenvalue weighted by atomic mass is 9.86. The second-order valence-corrected chi connectivity index (χ2v) is 13.2. The molecule has 0 aliphatic carbocycles. The predicted octanol–water partition coefficient (Wildman–Crippen LogP) is 2.58. The number of nitrogens with two attached hydrogens (primary N) is 5. The van der Waals surface area contributed by atoms with Gasteiger partial charge in [-0.3, -0.25) is 24.2 Å². The number of phenolic OH excluding ortho intramolecular Hbond substituents is 1. The zero-order valence-corrected chi connectivity index (χ0v) is 29.2. The van der Waals surface area contributed by atoms with Crippen LogP contribution in [0.1, 0.15) is 67.2 Å². The van der Waals surface area contributed by atoms with Crippen molar-refractivity contribution in [2.45, 2.75) is 83.7 Å². The monoisotopic (exact) mass is 687 g/mol. The SMILES string of the molecule is Cc1cc(O)cc(C)c1C[C@H](CC(=O)[C@H](N)CCCN=C(N)N)C(=O)N[C@@H](CCCCN)C(=O)C[C@@H](Cc1ccc2ccccc2c1)C(N)=O. The number of fused-ring (bicyclic) bond motifs is 1. The second-order valence-electron chi connectivity index (χ2n) is 13.2. The number of benzene rings is 3. The number of carbonyl (C=O) groups is 4. The number of unbranched alkanes of at least 4 members (excludes halogenated alkanes) is 1. The predicted molar refractivity (Wildman–Crippen MR) is 197 cm³/mol. The van der Waals surface area contributed by atoms with Crippen LogP contribution in [0.2, 0.25) is 0 Å². The number of primary amides is 1. The number of guanidine groups is 1. The number of amides is 2. The van der Waals surface area contributed by atoms with E-state index in [0.29, 0.717) is 45.2 Å². The standard InChI is InChI=1S/C38H53N7O5/c1-23-16-30(46)17-24(2)31(23)20-29(22-34(47)32(40)10-7-15-44-38(42)43)37(50)45-33(11-5-6-14-39)35(48)21-28(36(41)49)19-25-12-13-26-8-3-4-9-27(26)18-25/h3-4,8-9,12-13,16-18,28-29,32-33,46H,5-7,10-11,14-15,19-22,39-40H2,1-2H3,(H2,41,49)(H,45,50)(H4,42,43,44)/t28-,29-,32-,33+/m1/s1. The normalized spacial score (nSPS) is 13.6. The number of hydrogen-bond donors (Lipinski definition) is 7. The molecule has 0 unspecified atom stereocenters. The van der Waals surface area contributed by atoms with E-state index in [4.69, 9.17) is 28.7 Å². The van der Waals surface area contributed by atoms with Gasteiger partial charge in [-0.2, -0.15) is 0 Å². The first-order valence-corrected chi connectivity index (χ1v) is 17.2. The van der Waals surface area contributed by atoms with E-state index >= 15 is 0 Å². The van der Waals surface area contributed by atoms with Gasteiger partial charge in [-0.1, -0.05) is 42.5 Å². The Morgan fingerprint density at radius 2 is 1.46 bits per heavy atom. The van der Waals surface area contributed by atoms with Crippen LogP contribution in [0.25, 0.3) is 10.8 Å². The number of aromatic hydroxyl groups is 1. The summed E-state index contributed by atoms with van der Waals surface area (Å²) >= 11 is 0. The summed E-state index contributed by atoms with van der Waals surface area (Å²) in [5, 5.41) is 15.1. The van der Waals surface area contributed by atoms with Crippen molar-refractivity contribution in [1.82, 2.24) is 5.32 Å². The quantitative estimate of drug-likeness (QED) is 0.0494. The van der Waals surface area contributed by atoms with Gasteiger partial charge in [0, 0.05) is 31.2 Å². The molecule has 3 aromatic rings. The van der Waals surface area contributed by atoms with Crippen molar-refractivity contribution in [3.05, 3.63) is 76.9 Å². The van der Waals surface area contributed by atoms with Gasteiger partial charge in [-0.15, -0.1) is 0 Å². The molecule has 0 saturated heterocycles. The highest BCUT2D eigenvalue weighted by atomic mass is 16.3. The first-order valence-electron chi connectivity index (χ1n) is 17.2. The van der Waals surface area contributed by atoms with Crippen molar-refractivity contribution < 1.29 is 24.3 Å². The minimum Gasteiger partial charge on any atom is -0.508 e. The number of Topliss-reactive ketones (excluding diaryl/α,β-unsaturated/α-hetero) is 2. The number of rotatable bonds is 21. The molecule has 0 aliphatic heterocycles. The fourth-order valence-electron chi connectivity index (χ4n) is 6.28. The summed E-state index contributed by atoms with van der Waals surface area (Å²) in [7, 11) is 0. The first-order chi connectivity index (χ1) is 23.8. The van der Waals surface area contributed by atoms with Gasteiger partial charge in [-0.25, -0.2) is 0 Å². The van der Waals surface area contributed by atoms with Gasteiger partial charge in [0.25, 0.3) is 0 Å². The van der Waals surface area contributed by atoms with Crippen molar-refractivity contribution in [2.75, 3.05) is 13.1 Å². The van der Waals surface area contributed by atoms with Crippen LogP contribution in [-0.4, -0.2) is 59.6 Å². The van der Waals surface area contributed by atoms with Gasteiger partial charge < -0.3 is 39.1 Å². The molecular formula is C38H53N7O5. The van der Waals surface area contributed by atoms with Gasteiger partial charge in [0.05, 0.1) is 12.1 Å². The molecule has 0 aliphatic rings. The summed E-state index contributed by atoms with van der Waals surface area (Å²) in [6.07, 6.45) is 2.46. The number of ketones is 2. The molecule has 4 atom stereocenters. The highest BCUT2D eigenvalue weighted by Gasteiger charge is 2.31. The number of aliphatic imine (C=N–C) groups is 1. The molecule has 0 saturated carbocycles. The maximum atomic E-state index is 14.0. The molecule has 0 bridgehead atoms.